The number of anilines is 1. The number of ether oxygens (including phenoxy) is 2. The molecule has 0 aliphatic carbocycles. The van der Waals surface area contributed by atoms with E-state index in [0.29, 0.717) is 23.6 Å². The fraction of sp³-hybridized carbons (Fsp3) is 0.263. The van der Waals surface area contributed by atoms with Crippen molar-refractivity contribution >= 4 is 17.5 Å². The van der Waals surface area contributed by atoms with Crippen molar-refractivity contribution in [3.8, 4) is 11.5 Å². The summed E-state index contributed by atoms with van der Waals surface area (Å²) in [6.07, 6.45) is 0. The van der Waals surface area contributed by atoms with Crippen LogP contribution in [-0.2, 0) is 4.79 Å². The number of hydrogen-bond acceptors (Lipinski definition) is 6. The predicted octanol–water partition coefficient (Wildman–Crippen LogP) is 2.96. The number of benzene rings is 2. The highest BCUT2D eigenvalue weighted by Crippen LogP contribution is 2.33. The van der Waals surface area contributed by atoms with Gasteiger partial charge in [-0.25, -0.2) is 9.18 Å². The summed E-state index contributed by atoms with van der Waals surface area (Å²) in [5.74, 6) is -1.93. The van der Waals surface area contributed by atoms with Gasteiger partial charge in [-0.15, -0.1) is 0 Å². The Balaban J connectivity index is 2.41. The zero-order valence-corrected chi connectivity index (χ0v) is 15.5. The molecule has 2 rings (SSSR count). The molecule has 8 nitrogen and oxygen atoms in total. The maximum absolute atomic E-state index is 14.9. The molecular formula is C19H22FN3O5. The third kappa shape index (κ3) is 4.81. The van der Waals surface area contributed by atoms with Crippen molar-refractivity contribution in [2.24, 2.45) is 10.9 Å². The predicted molar refractivity (Wildman–Crippen MR) is 102 cm³/mol. The Hall–Kier alpha value is -3.49. The number of halogens is 1. The third-order valence-electron chi connectivity index (χ3n) is 3.81. The van der Waals surface area contributed by atoms with Gasteiger partial charge < -0.3 is 30.8 Å². The van der Waals surface area contributed by atoms with Crippen molar-refractivity contribution in [3.05, 3.63) is 53.3 Å². The van der Waals surface area contributed by atoms with E-state index in [4.69, 9.17) is 20.4 Å². The largest absolute Gasteiger partial charge is 0.494 e. The number of carboxylic acid groups (broad SMARTS) is 1. The fourth-order valence-electron chi connectivity index (χ4n) is 2.55. The molecule has 1 atom stereocenters. The second-order valence-electron chi connectivity index (χ2n) is 5.67. The maximum atomic E-state index is 14.9. The van der Waals surface area contributed by atoms with Crippen LogP contribution in [0.5, 0.6) is 11.5 Å². The molecule has 2 aromatic carbocycles. The first-order chi connectivity index (χ1) is 13.4. The summed E-state index contributed by atoms with van der Waals surface area (Å²) in [7, 11) is 0. The monoisotopic (exact) mass is 391 g/mol. The number of nitrogens with two attached hydrogens (primary N) is 1. The number of amidine groups is 1. The van der Waals surface area contributed by atoms with Crippen molar-refractivity contribution in [1.29, 1.82) is 0 Å². The molecule has 0 aromatic heterocycles. The van der Waals surface area contributed by atoms with Gasteiger partial charge in [0.2, 0.25) is 0 Å². The second-order valence-corrected chi connectivity index (χ2v) is 5.67. The van der Waals surface area contributed by atoms with Gasteiger partial charge in [0.25, 0.3) is 0 Å². The summed E-state index contributed by atoms with van der Waals surface area (Å²) in [5, 5.41) is 24.0. The van der Waals surface area contributed by atoms with Gasteiger partial charge in [-0.05, 0) is 44.2 Å². The third-order valence-corrected chi connectivity index (χ3v) is 3.81. The van der Waals surface area contributed by atoms with Crippen LogP contribution in [0.1, 0.15) is 31.0 Å². The summed E-state index contributed by atoms with van der Waals surface area (Å²) in [6.45, 7) is 4.01. The van der Waals surface area contributed by atoms with E-state index in [1.807, 2.05) is 0 Å². The molecule has 0 fully saturated rings. The highest BCUT2D eigenvalue weighted by atomic mass is 19.1. The van der Waals surface area contributed by atoms with E-state index in [1.165, 1.54) is 36.4 Å². The molecular weight excluding hydrogens is 369 g/mol. The van der Waals surface area contributed by atoms with E-state index >= 15 is 0 Å². The summed E-state index contributed by atoms with van der Waals surface area (Å²) in [4.78, 5) is 11.8. The lowest BCUT2D eigenvalue weighted by Gasteiger charge is -2.19. The van der Waals surface area contributed by atoms with E-state index in [0.717, 1.165) is 0 Å². The van der Waals surface area contributed by atoms with Gasteiger partial charge in [-0.2, -0.15) is 0 Å². The van der Waals surface area contributed by atoms with Crippen LogP contribution in [0.15, 0.2) is 41.6 Å². The lowest BCUT2D eigenvalue weighted by Crippen LogP contribution is -2.22. The van der Waals surface area contributed by atoms with Crippen LogP contribution >= 0.6 is 0 Å². The van der Waals surface area contributed by atoms with E-state index in [1.54, 1.807) is 13.8 Å². The van der Waals surface area contributed by atoms with E-state index in [-0.39, 0.29) is 23.8 Å². The molecule has 9 heteroatoms. The molecule has 0 radical (unpaired) electrons. The minimum Gasteiger partial charge on any atom is -0.494 e. The second kappa shape index (κ2) is 9.45. The molecule has 0 spiro atoms. The molecule has 0 bridgehead atoms. The molecule has 2 aromatic rings. The maximum Gasteiger partial charge on any atom is 0.330 e. The van der Waals surface area contributed by atoms with Crippen LogP contribution in [0.3, 0.4) is 0 Å². The number of oxime groups is 1. The molecule has 0 heterocycles. The highest BCUT2D eigenvalue weighted by molar-refractivity contribution is 5.97. The van der Waals surface area contributed by atoms with Crippen LogP contribution in [-0.4, -0.2) is 35.3 Å². The molecule has 0 amide bonds. The Bertz CT molecular complexity index is 855. The lowest BCUT2D eigenvalue weighted by atomic mass is 10.0. The summed E-state index contributed by atoms with van der Waals surface area (Å²) in [5.41, 5.74) is 6.23. The molecule has 28 heavy (non-hydrogen) atoms. The quantitative estimate of drug-likeness (QED) is 0.224. The average molecular weight is 391 g/mol. The lowest BCUT2D eigenvalue weighted by molar-refractivity contribution is -0.138. The number of aliphatic carboxylic acids is 1. The standard InChI is InChI=1S/C19H22FN3O5/c1-3-27-13-9-14(16(20)15(10-13)28-4-2)17(19(24)25)22-12-7-5-11(6-8-12)18(21)23-26/h5-10,17,22,26H,3-4H2,1-2H3,(H2,21,23)(H,24,25)/t17-/m0/s1. The molecule has 0 aliphatic heterocycles. The van der Waals surface area contributed by atoms with Gasteiger partial charge in [-0.3, -0.25) is 0 Å². The minimum atomic E-state index is -1.39. The number of carboxylic acids is 1. The zero-order chi connectivity index (χ0) is 20.7. The molecule has 0 saturated heterocycles. The van der Waals surface area contributed by atoms with Crippen molar-refractivity contribution in [3.63, 3.8) is 0 Å². The first-order valence-electron chi connectivity index (χ1n) is 8.57. The Kier molecular flexibility index (Phi) is 7.02. The number of nitrogens with one attached hydrogen (secondary N) is 1. The van der Waals surface area contributed by atoms with Crippen molar-refractivity contribution in [1.82, 2.24) is 0 Å². The van der Waals surface area contributed by atoms with Gasteiger partial charge in [0.15, 0.2) is 23.4 Å². The Morgan fingerprint density at radius 3 is 2.39 bits per heavy atom. The first kappa shape index (κ1) is 20.8. The molecule has 150 valence electrons. The van der Waals surface area contributed by atoms with E-state index in [2.05, 4.69) is 10.5 Å². The SMILES string of the molecule is CCOc1cc(OCC)c(F)c([C@H](Nc2ccc(/C(N)=N\O)cc2)C(=O)O)c1. The number of nitrogens with zero attached hydrogens (tertiary/aromatic N) is 1. The van der Waals surface area contributed by atoms with E-state index in [9.17, 15) is 14.3 Å². The van der Waals surface area contributed by atoms with Gasteiger partial charge in [-0.1, -0.05) is 5.16 Å². The first-order valence-corrected chi connectivity index (χ1v) is 8.57. The number of hydrogen-bond donors (Lipinski definition) is 4. The van der Waals surface area contributed by atoms with Gasteiger partial charge >= 0.3 is 5.97 Å². The smallest absolute Gasteiger partial charge is 0.330 e. The minimum absolute atomic E-state index is 0.0845. The molecule has 0 saturated carbocycles. The van der Waals surface area contributed by atoms with Gasteiger partial charge in [0.1, 0.15) is 5.75 Å². The zero-order valence-electron chi connectivity index (χ0n) is 15.5. The van der Waals surface area contributed by atoms with Crippen LogP contribution in [0.2, 0.25) is 0 Å². The van der Waals surface area contributed by atoms with Crippen molar-refractivity contribution < 1.29 is 29.0 Å². The van der Waals surface area contributed by atoms with Crippen molar-refractivity contribution in [2.75, 3.05) is 18.5 Å². The van der Waals surface area contributed by atoms with Gasteiger partial charge in [0, 0.05) is 22.9 Å². The number of carbonyl (C=O) groups is 1. The molecule has 5 N–H and O–H groups in total. The molecule has 0 aliphatic rings. The fourth-order valence-corrected chi connectivity index (χ4v) is 2.55. The Morgan fingerprint density at radius 2 is 1.86 bits per heavy atom. The van der Waals surface area contributed by atoms with Crippen LogP contribution in [0.4, 0.5) is 10.1 Å². The van der Waals surface area contributed by atoms with Crippen LogP contribution < -0.4 is 20.5 Å². The summed E-state index contributed by atoms with van der Waals surface area (Å²) < 4.78 is 25.5. The Labute approximate surface area is 161 Å². The summed E-state index contributed by atoms with van der Waals surface area (Å²) in [6, 6.07) is 7.47. The Morgan fingerprint density at radius 1 is 1.21 bits per heavy atom. The van der Waals surface area contributed by atoms with E-state index < -0.39 is 17.8 Å². The average Bonchev–Trinajstić information content (AvgIpc) is 2.68. The van der Waals surface area contributed by atoms with Crippen LogP contribution in [0.25, 0.3) is 0 Å². The van der Waals surface area contributed by atoms with Crippen molar-refractivity contribution in [2.45, 2.75) is 19.9 Å². The normalized spacial score (nSPS) is 12.3. The molecule has 0 unspecified atom stereocenters. The van der Waals surface area contributed by atoms with Gasteiger partial charge in [0.05, 0.1) is 13.2 Å². The number of rotatable bonds is 9. The highest BCUT2D eigenvalue weighted by Gasteiger charge is 2.26. The van der Waals surface area contributed by atoms with Crippen LogP contribution in [0, 0.1) is 5.82 Å². The topological polar surface area (TPSA) is 126 Å². The summed E-state index contributed by atoms with van der Waals surface area (Å²) >= 11 is 0.